The van der Waals surface area contributed by atoms with E-state index in [1.54, 1.807) is 11.3 Å². The maximum absolute atomic E-state index is 6.65. The van der Waals surface area contributed by atoms with Crippen LogP contribution in [0.3, 0.4) is 0 Å². The van der Waals surface area contributed by atoms with Crippen LogP contribution in [0.1, 0.15) is 42.5 Å². The highest BCUT2D eigenvalue weighted by Gasteiger charge is 2.35. The highest BCUT2D eigenvalue weighted by molar-refractivity contribution is 7.12. The Morgan fingerprint density at radius 3 is 2.50 bits per heavy atom. The lowest BCUT2D eigenvalue weighted by molar-refractivity contribution is 0.247. The molecule has 1 aromatic carbocycles. The summed E-state index contributed by atoms with van der Waals surface area (Å²) in [5.41, 5.74) is 8.75. The second kappa shape index (κ2) is 5.30. The van der Waals surface area contributed by atoms with Crippen molar-refractivity contribution in [2.75, 3.05) is 0 Å². The number of hydrogen-bond acceptors (Lipinski definition) is 3. The molecule has 20 heavy (non-hydrogen) atoms. The van der Waals surface area contributed by atoms with Gasteiger partial charge in [-0.25, -0.2) is 4.98 Å². The van der Waals surface area contributed by atoms with Gasteiger partial charge in [-0.3, -0.25) is 0 Å². The zero-order valence-electron chi connectivity index (χ0n) is 12.2. The molecule has 2 aromatic rings. The molecule has 1 aliphatic carbocycles. The van der Waals surface area contributed by atoms with Crippen molar-refractivity contribution in [3.8, 4) is 11.3 Å². The summed E-state index contributed by atoms with van der Waals surface area (Å²) in [4.78, 5) is 6.17. The van der Waals surface area contributed by atoms with E-state index in [4.69, 9.17) is 10.7 Å². The number of thiazole rings is 1. The van der Waals surface area contributed by atoms with Gasteiger partial charge in [0.2, 0.25) is 0 Å². The van der Waals surface area contributed by atoms with Gasteiger partial charge >= 0.3 is 0 Å². The number of rotatable bonds is 2. The third-order valence-corrected chi connectivity index (χ3v) is 5.63. The van der Waals surface area contributed by atoms with Crippen LogP contribution in [0.5, 0.6) is 0 Å². The number of hydrogen-bond donors (Lipinski definition) is 1. The maximum atomic E-state index is 6.65. The molecule has 3 rings (SSSR count). The van der Waals surface area contributed by atoms with Crippen molar-refractivity contribution in [1.29, 1.82) is 0 Å². The van der Waals surface area contributed by atoms with Gasteiger partial charge in [-0.1, -0.05) is 37.3 Å². The Bertz CT molecular complexity index is 580. The lowest BCUT2D eigenvalue weighted by Crippen LogP contribution is -2.40. The van der Waals surface area contributed by atoms with Gasteiger partial charge in [0.05, 0.1) is 11.2 Å². The molecule has 0 aliphatic heterocycles. The molecule has 1 aliphatic rings. The fourth-order valence-electron chi connectivity index (χ4n) is 2.96. The van der Waals surface area contributed by atoms with Crippen molar-refractivity contribution >= 4 is 11.3 Å². The average Bonchev–Trinajstić information content (AvgIpc) is 2.86. The van der Waals surface area contributed by atoms with Crippen LogP contribution >= 0.6 is 11.3 Å². The van der Waals surface area contributed by atoms with Crippen LogP contribution in [-0.2, 0) is 5.54 Å². The minimum Gasteiger partial charge on any atom is -0.319 e. The minimum absolute atomic E-state index is 0.199. The second-order valence-electron chi connectivity index (χ2n) is 6.13. The van der Waals surface area contributed by atoms with E-state index in [1.165, 1.54) is 23.3 Å². The number of nitrogens with zero attached hydrogens (tertiary/aromatic N) is 1. The van der Waals surface area contributed by atoms with Crippen molar-refractivity contribution in [3.05, 3.63) is 40.2 Å². The molecule has 1 heterocycles. The molecule has 0 unspecified atom stereocenters. The fourth-order valence-corrected chi connectivity index (χ4v) is 4.06. The number of aromatic nitrogens is 1. The summed E-state index contributed by atoms with van der Waals surface area (Å²) in [6.45, 7) is 4.47. The summed E-state index contributed by atoms with van der Waals surface area (Å²) in [5, 5.41) is 1.13. The molecule has 0 atom stereocenters. The molecule has 0 amide bonds. The number of benzene rings is 1. The van der Waals surface area contributed by atoms with Crippen LogP contribution < -0.4 is 5.73 Å². The van der Waals surface area contributed by atoms with E-state index < -0.39 is 0 Å². The molecule has 2 nitrogen and oxygen atoms in total. The standard InChI is InChI=1S/C17H22N2S/c1-12-8-10-17(18,11-9-12)16-19-15(13(2)20-16)14-6-4-3-5-7-14/h3-7,12H,8-11,18H2,1-2H3. The van der Waals surface area contributed by atoms with E-state index in [9.17, 15) is 0 Å². The van der Waals surface area contributed by atoms with E-state index in [0.29, 0.717) is 0 Å². The topological polar surface area (TPSA) is 38.9 Å². The SMILES string of the molecule is Cc1sc(C2(N)CCC(C)CC2)nc1-c1ccccc1. The summed E-state index contributed by atoms with van der Waals surface area (Å²) in [7, 11) is 0. The van der Waals surface area contributed by atoms with Gasteiger partial charge in [0, 0.05) is 10.4 Å². The molecule has 106 valence electrons. The monoisotopic (exact) mass is 286 g/mol. The smallest absolute Gasteiger partial charge is 0.113 e. The normalized spacial score (nSPS) is 26.6. The van der Waals surface area contributed by atoms with Crippen LogP contribution in [0, 0.1) is 12.8 Å². The zero-order valence-corrected chi connectivity index (χ0v) is 13.0. The van der Waals surface area contributed by atoms with Crippen molar-refractivity contribution < 1.29 is 0 Å². The lowest BCUT2D eigenvalue weighted by atomic mass is 9.78. The van der Waals surface area contributed by atoms with Gasteiger partial charge in [0.25, 0.3) is 0 Å². The van der Waals surface area contributed by atoms with Gasteiger partial charge in [0.1, 0.15) is 5.01 Å². The Labute approximate surface area is 125 Å². The van der Waals surface area contributed by atoms with Crippen LogP contribution in [-0.4, -0.2) is 4.98 Å². The third-order valence-electron chi connectivity index (χ3n) is 4.44. The molecular formula is C17H22N2S. The molecule has 1 fully saturated rings. The summed E-state index contributed by atoms with van der Waals surface area (Å²) in [6.07, 6.45) is 4.57. The van der Waals surface area contributed by atoms with Gasteiger partial charge in [0.15, 0.2) is 0 Å². The van der Waals surface area contributed by atoms with E-state index in [0.717, 1.165) is 29.5 Å². The summed E-state index contributed by atoms with van der Waals surface area (Å²) in [6, 6.07) is 10.4. The molecule has 0 saturated heterocycles. The zero-order chi connectivity index (χ0) is 14.2. The first-order valence-electron chi connectivity index (χ1n) is 7.41. The molecule has 3 heteroatoms. The van der Waals surface area contributed by atoms with Crippen molar-refractivity contribution in [2.45, 2.75) is 45.1 Å². The molecule has 2 N–H and O–H groups in total. The second-order valence-corrected chi connectivity index (χ2v) is 7.33. The van der Waals surface area contributed by atoms with Crippen molar-refractivity contribution in [2.24, 2.45) is 11.7 Å². The summed E-state index contributed by atoms with van der Waals surface area (Å²) < 4.78 is 0. The number of aryl methyl sites for hydroxylation is 1. The van der Waals surface area contributed by atoms with Crippen LogP contribution in [0.15, 0.2) is 30.3 Å². The predicted octanol–water partition coefficient (Wildman–Crippen LogP) is 4.48. The van der Waals surface area contributed by atoms with Gasteiger partial charge in [-0.2, -0.15) is 0 Å². The van der Waals surface area contributed by atoms with Gasteiger partial charge in [-0.15, -0.1) is 11.3 Å². The van der Waals surface area contributed by atoms with E-state index in [2.05, 4.69) is 38.1 Å². The Morgan fingerprint density at radius 1 is 1.20 bits per heavy atom. The predicted molar refractivity (Wildman–Crippen MR) is 85.8 cm³/mol. The Balaban J connectivity index is 1.93. The number of nitrogens with two attached hydrogens (primary N) is 1. The first-order chi connectivity index (χ1) is 9.58. The highest BCUT2D eigenvalue weighted by atomic mass is 32.1. The average molecular weight is 286 g/mol. The van der Waals surface area contributed by atoms with E-state index >= 15 is 0 Å². The Kier molecular flexibility index (Phi) is 3.65. The first kappa shape index (κ1) is 13.8. The molecule has 1 aromatic heterocycles. The fraction of sp³-hybridized carbons (Fsp3) is 0.471. The van der Waals surface area contributed by atoms with Gasteiger partial charge < -0.3 is 5.73 Å². The first-order valence-corrected chi connectivity index (χ1v) is 8.22. The minimum atomic E-state index is -0.199. The molecular weight excluding hydrogens is 264 g/mol. The maximum Gasteiger partial charge on any atom is 0.113 e. The third kappa shape index (κ3) is 2.52. The summed E-state index contributed by atoms with van der Waals surface area (Å²) in [5.74, 6) is 0.807. The van der Waals surface area contributed by atoms with Crippen LogP contribution in [0.25, 0.3) is 11.3 Å². The summed E-state index contributed by atoms with van der Waals surface area (Å²) >= 11 is 1.78. The molecule has 1 saturated carbocycles. The van der Waals surface area contributed by atoms with Gasteiger partial charge in [-0.05, 0) is 38.5 Å². The van der Waals surface area contributed by atoms with Crippen molar-refractivity contribution in [3.63, 3.8) is 0 Å². The quantitative estimate of drug-likeness (QED) is 0.884. The lowest BCUT2D eigenvalue weighted by Gasteiger charge is -2.34. The van der Waals surface area contributed by atoms with E-state index in [-0.39, 0.29) is 5.54 Å². The Morgan fingerprint density at radius 2 is 1.85 bits per heavy atom. The molecule has 0 spiro atoms. The molecule has 0 bridgehead atoms. The van der Waals surface area contributed by atoms with Crippen LogP contribution in [0.2, 0.25) is 0 Å². The van der Waals surface area contributed by atoms with Crippen LogP contribution in [0.4, 0.5) is 0 Å². The molecule has 0 radical (unpaired) electrons. The Hall–Kier alpha value is -1.19. The van der Waals surface area contributed by atoms with Crippen molar-refractivity contribution in [1.82, 2.24) is 4.98 Å². The highest BCUT2D eigenvalue weighted by Crippen LogP contribution is 2.41. The largest absolute Gasteiger partial charge is 0.319 e. The van der Waals surface area contributed by atoms with E-state index in [1.807, 2.05) is 6.07 Å².